The predicted molar refractivity (Wildman–Crippen MR) is 397 cm³/mol. The van der Waals surface area contributed by atoms with Gasteiger partial charge in [0, 0.05) is 59.0 Å². The van der Waals surface area contributed by atoms with Gasteiger partial charge < -0.3 is 34.6 Å². The van der Waals surface area contributed by atoms with Crippen molar-refractivity contribution in [2.75, 3.05) is 53.5 Å². The second kappa shape index (κ2) is 29.9. The molecule has 0 aromatic rings. The van der Waals surface area contributed by atoms with Gasteiger partial charge in [-0.3, -0.25) is 9.59 Å². The number of carbonyl (C=O) groups is 2. The summed E-state index contributed by atoms with van der Waals surface area (Å²) in [5, 5.41) is 33.4. The van der Waals surface area contributed by atoms with Gasteiger partial charge in [0.1, 0.15) is 13.1 Å². The first-order valence-electron chi connectivity index (χ1n) is 43.1. The first-order chi connectivity index (χ1) is 46.8. The maximum absolute atomic E-state index is 12.7. The van der Waals surface area contributed by atoms with Gasteiger partial charge in [-0.15, -0.1) is 0 Å². The molecular formula is C88H150N3O7+. The summed E-state index contributed by atoms with van der Waals surface area (Å²) in [5.74, 6) is 16.3. The van der Waals surface area contributed by atoms with Crippen LogP contribution in [0.25, 0.3) is 0 Å². The van der Waals surface area contributed by atoms with Crippen LogP contribution in [0.15, 0.2) is 0 Å². The Balaban J connectivity index is 0.000000132. The lowest BCUT2D eigenvalue weighted by Gasteiger charge is -2.63. The predicted octanol–water partition coefficient (Wildman–Crippen LogP) is 18.5. The van der Waals surface area contributed by atoms with Crippen molar-refractivity contribution in [3.63, 3.8) is 0 Å². The molecular weight excluding hydrogens is 1210 g/mol. The molecule has 10 nitrogen and oxygen atoms in total. The molecule has 558 valence electrons. The van der Waals surface area contributed by atoms with Crippen LogP contribution in [0.2, 0.25) is 0 Å². The number of amides is 2. The maximum atomic E-state index is 12.7. The van der Waals surface area contributed by atoms with Crippen LogP contribution in [0, 0.1) is 151 Å². The number of hydrogen-bond donors (Lipinski definition) is 3. The Hall–Kier alpha value is -1.75. The lowest BCUT2D eigenvalue weighted by atomic mass is 9.43. The molecule has 0 bridgehead atoms. The van der Waals surface area contributed by atoms with E-state index in [4.69, 9.17) is 9.47 Å². The summed E-state index contributed by atoms with van der Waals surface area (Å²) in [6.07, 6.45) is 44.3. The molecule has 15 rings (SSSR count). The highest BCUT2D eigenvalue weighted by atomic mass is 16.5. The standard InChI is InChI=1S/C30H52NO2.C29H49NO3.C29H49NO2/c1-20-12-14-29(3)22(18-20)19-26(32)28-24-10-9-23(30(24,4)15-13-25(28)29)21(2)8-11-27(33-5)31-16-6-7-17-31;1-19(7-10-26(32)30-15-5-6-16-30)22-8-9-23-27-24(12-14-29(22,23)3)28(2)13-11-21(31)17-20(28)18-25(27)33-4;1-19-11-13-28(3)21(17-19)18-25(31)27-23-9-8-22(29(23,4)14-12-24(27)28)20(2)7-10-26(32)30-15-5-6-16-30/h20-26,28,32H,6-19H2,1-5H3;19-25,27,31H,5-18H2,1-4H3;19-25,27,31H,5-18H2,1-4H3/q+1;;/t20-,21-,22+,23-,24+,25+,26-,28+,29+,30-;19-,20+,21-,22-,23+,24+,25-,27+,28+,29-;19-,20-,21+,22-,23+,24+,25-,27+,28+,29-/m111/s1. The summed E-state index contributed by atoms with van der Waals surface area (Å²) in [6.45, 7) is 34.2. The Morgan fingerprint density at radius 1 is 0.429 bits per heavy atom. The van der Waals surface area contributed by atoms with Gasteiger partial charge in [0.2, 0.25) is 11.8 Å². The summed E-state index contributed by atoms with van der Waals surface area (Å²) in [5.41, 5.74) is 2.51. The van der Waals surface area contributed by atoms with Crippen molar-refractivity contribution < 1.29 is 39.0 Å². The molecule has 0 aromatic heterocycles. The van der Waals surface area contributed by atoms with Gasteiger partial charge >= 0.3 is 5.90 Å². The number of fused-ring (bicyclic) bond motifs is 15. The van der Waals surface area contributed by atoms with Crippen LogP contribution in [-0.4, -0.2) is 125 Å². The molecule has 3 saturated heterocycles. The average molecular weight is 1360 g/mol. The summed E-state index contributed by atoms with van der Waals surface area (Å²) in [4.78, 5) is 29.5. The number of ether oxygens (including phenoxy) is 2. The first-order valence-corrected chi connectivity index (χ1v) is 43.1. The summed E-state index contributed by atoms with van der Waals surface area (Å²) >= 11 is 0. The lowest BCUT2D eigenvalue weighted by Crippen LogP contribution is -2.59. The third kappa shape index (κ3) is 13.6. The monoisotopic (exact) mass is 1360 g/mol. The van der Waals surface area contributed by atoms with Crippen LogP contribution >= 0.6 is 0 Å². The number of nitrogens with zero attached hydrogens (tertiary/aromatic N) is 3. The molecule has 2 amide bonds. The average Bonchev–Trinajstić information content (AvgIpc) is 1.35. The summed E-state index contributed by atoms with van der Waals surface area (Å²) in [7, 11) is 3.81. The quantitative estimate of drug-likeness (QED) is 0.124. The van der Waals surface area contributed by atoms with Gasteiger partial charge in [-0.2, -0.15) is 0 Å². The van der Waals surface area contributed by atoms with E-state index in [1.807, 2.05) is 14.2 Å². The molecule has 0 radical (unpaired) electrons. The van der Waals surface area contributed by atoms with Gasteiger partial charge in [0.15, 0.2) is 0 Å². The van der Waals surface area contributed by atoms with Crippen LogP contribution in [-0.2, 0) is 19.1 Å². The Morgan fingerprint density at radius 3 is 1.19 bits per heavy atom. The summed E-state index contributed by atoms with van der Waals surface area (Å²) < 4.78 is 14.6. The fourth-order valence-corrected chi connectivity index (χ4v) is 30.5. The van der Waals surface area contributed by atoms with E-state index in [9.17, 15) is 24.9 Å². The second-order valence-electron chi connectivity index (χ2n) is 40.5. The molecule has 12 aliphatic carbocycles. The number of carbonyl (C=O) groups excluding carboxylic acids is 2. The molecule has 3 aliphatic heterocycles. The normalized spacial score (nSPS) is 48.5. The highest BCUT2D eigenvalue weighted by Gasteiger charge is 2.67. The van der Waals surface area contributed by atoms with E-state index in [2.05, 4.69) is 90.5 Å². The number of likely N-dealkylation sites (tertiary alicyclic amines) is 2. The van der Waals surface area contributed by atoms with Gasteiger partial charge in [-0.25, -0.2) is 4.58 Å². The largest absolute Gasteiger partial charge is 0.451 e. The van der Waals surface area contributed by atoms with Gasteiger partial charge in [0.05, 0.1) is 37.9 Å². The van der Waals surface area contributed by atoms with Crippen molar-refractivity contribution in [2.45, 2.75) is 332 Å². The zero-order valence-corrected chi connectivity index (χ0v) is 65.4. The Bertz CT molecular complexity index is 2730. The van der Waals surface area contributed by atoms with Gasteiger partial charge in [-0.05, 0) is 337 Å². The zero-order valence-electron chi connectivity index (χ0n) is 65.4. The van der Waals surface area contributed by atoms with E-state index >= 15 is 0 Å². The molecule has 15 fully saturated rings. The first kappa shape index (κ1) is 74.5. The Morgan fingerprint density at radius 2 is 0.786 bits per heavy atom. The molecule has 12 saturated carbocycles. The van der Waals surface area contributed by atoms with Gasteiger partial charge in [0.25, 0.3) is 0 Å². The maximum Gasteiger partial charge on any atom is 0.335 e. The van der Waals surface area contributed by atoms with Crippen LogP contribution in [0.4, 0.5) is 0 Å². The van der Waals surface area contributed by atoms with Crippen molar-refractivity contribution >= 4 is 17.7 Å². The molecule has 3 heterocycles. The van der Waals surface area contributed by atoms with Crippen LogP contribution < -0.4 is 0 Å². The van der Waals surface area contributed by atoms with Crippen molar-refractivity contribution in [1.82, 2.24) is 9.80 Å². The third-order valence-electron chi connectivity index (χ3n) is 36.2. The molecule has 0 spiro atoms. The highest BCUT2D eigenvalue weighted by Crippen LogP contribution is 2.73. The molecule has 15 aliphatic rings. The fourth-order valence-electron chi connectivity index (χ4n) is 30.5. The zero-order chi connectivity index (χ0) is 69.4. The van der Waals surface area contributed by atoms with Crippen LogP contribution in [0.1, 0.15) is 307 Å². The minimum absolute atomic E-state index is 0.0550. The fraction of sp³-hybridized carbons (Fsp3) is 0.966. The number of hydrogen-bond acceptors (Lipinski definition) is 7. The van der Waals surface area contributed by atoms with E-state index in [0.717, 1.165) is 167 Å². The van der Waals surface area contributed by atoms with Crippen LogP contribution in [0.5, 0.6) is 0 Å². The highest BCUT2D eigenvalue weighted by molar-refractivity contribution is 5.76. The molecule has 10 heteroatoms. The second-order valence-corrected chi connectivity index (χ2v) is 40.5. The number of aliphatic hydroxyl groups excluding tert-OH is 3. The molecule has 3 N–H and O–H groups in total. The third-order valence-corrected chi connectivity index (χ3v) is 36.2. The SMILES string of the molecule is COC(CC[C@@H](C)[C@H]1CC[C@H]2[C@@H]3[C@H](O)C[C@@H]4C[C@H](C)CC[C@]4(C)[C@H]3CC[C@]12C)=[N+]1CCCC1.CO[C@@H]1C[C@@H]2C[C@H](O)CC[C@]2(C)[C@H]2CC[C@]3(C)[C@@H]([C@H](C)CCC(=O)N4CCCC4)CC[C@H]3[C@H]12.C[C@@H]1CC[C@@]2(C)[C@@H](C1)C[C@@H](O)[C@@H]1[C@@H]2CC[C@]2(C)[C@@H]([C@H](C)CCC(=O)N3CCCC3)CC[C@@H]12. The minimum atomic E-state index is -0.106. The molecule has 30 atom stereocenters. The van der Waals surface area contributed by atoms with E-state index in [-0.39, 0.29) is 18.3 Å². The molecule has 0 unspecified atom stereocenters. The topological polar surface area (TPSA) is 123 Å². The van der Waals surface area contributed by atoms with Crippen molar-refractivity contribution in [3.05, 3.63) is 0 Å². The van der Waals surface area contributed by atoms with Crippen molar-refractivity contribution in [1.29, 1.82) is 0 Å². The van der Waals surface area contributed by atoms with E-state index in [0.29, 0.717) is 91.8 Å². The van der Waals surface area contributed by atoms with E-state index < -0.39 is 0 Å². The molecule has 0 aromatic carbocycles. The molecule has 98 heavy (non-hydrogen) atoms. The van der Waals surface area contributed by atoms with Crippen molar-refractivity contribution in [2.24, 2.45) is 151 Å². The van der Waals surface area contributed by atoms with E-state index in [1.165, 1.54) is 186 Å². The number of methoxy groups -OCH3 is 2. The Labute approximate surface area is 599 Å². The smallest absolute Gasteiger partial charge is 0.335 e. The Kier molecular flexibility index (Phi) is 22.7. The van der Waals surface area contributed by atoms with Crippen LogP contribution in [0.3, 0.4) is 0 Å². The van der Waals surface area contributed by atoms with E-state index in [1.54, 1.807) is 0 Å². The lowest BCUT2D eigenvalue weighted by molar-refractivity contribution is -0.516. The minimum Gasteiger partial charge on any atom is -0.451 e. The van der Waals surface area contributed by atoms with Gasteiger partial charge in [-0.1, -0.05) is 89.0 Å². The summed E-state index contributed by atoms with van der Waals surface area (Å²) in [6, 6.07) is 0. The van der Waals surface area contributed by atoms with Crippen molar-refractivity contribution in [3.8, 4) is 0 Å². The number of aliphatic hydroxyl groups is 3. The number of rotatable bonds is 13.